The third-order valence-corrected chi connectivity index (χ3v) is 5.64. The summed E-state index contributed by atoms with van der Waals surface area (Å²) in [5, 5.41) is 6.02. The fourth-order valence-electron chi connectivity index (χ4n) is 4.05. The van der Waals surface area contributed by atoms with Crippen molar-refractivity contribution in [2.45, 2.75) is 27.3 Å². The molecule has 3 heterocycles. The number of fused-ring (bicyclic) bond motifs is 2. The van der Waals surface area contributed by atoms with Crippen molar-refractivity contribution in [2.75, 3.05) is 0 Å². The number of furan rings is 1. The van der Waals surface area contributed by atoms with Crippen LogP contribution >= 0.6 is 0 Å². The Kier molecular flexibility index (Phi) is 4.55. The molecule has 0 amide bonds. The first kappa shape index (κ1) is 19.1. The molecule has 6 heteroatoms. The third-order valence-electron chi connectivity index (χ3n) is 5.64. The Labute approximate surface area is 179 Å². The summed E-state index contributed by atoms with van der Waals surface area (Å²) in [5.74, 6) is 0.876. The zero-order valence-corrected chi connectivity index (χ0v) is 17.7. The molecule has 154 valence electrons. The molecular weight excluding hydrogens is 388 g/mol. The van der Waals surface area contributed by atoms with Crippen LogP contribution in [-0.2, 0) is 6.54 Å². The number of aryl methyl sites for hydroxylation is 1. The average Bonchev–Trinajstić information content (AvgIpc) is 3.33. The second kappa shape index (κ2) is 7.40. The molecule has 0 aliphatic rings. The molecule has 0 N–H and O–H groups in total. The highest BCUT2D eigenvalue weighted by atomic mass is 16.3. The lowest BCUT2D eigenvalue weighted by Gasteiger charge is -2.07. The molecule has 0 spiro atoms. The maximum absolute atomic E-state index is 13.3. The van der Waals surface area contributed by atoms with E-state index >= 15 is 0 Å². The Balaban J connectivity index is 1.73. The summed E-state index contributed by atoms with van der Waals surface area (Å²) < 4.78 is 9.56. The number of para-hydroxylation sites is 2. The van der Waals surface area contributed by atoms with E-state index < -0.39 is 0 Å². The first-order valence-electron chi connectivity index (χ1n) is 10.3. The van der Waals surface area contributed by atoms with Crippen LogP contribution in [0.3, 0.4) is 0 Å². The largest absolute Gasteiger partial charge is 0.453 e. The van der Waals surface area contributed by atoms with Gasteiger partial charge in [0.2, 0.25) is 5.82 Å². The molecular formula is C25H22N4O2. The molecule has 0 saturated heterocycles. The molecule has 5 aromatic rings. The second-order valence-corrected chi connectivity index (χ2v) is 7.53. The van der Waals surface area contributed by atoms with Crippen LogP contribution in [-0.4, -0.2) is 20.4 Å². The van der Waals surface area contributed by atoms with Crippen molar-refractivity contribution in [1.29, 1.82) is 0 Å². The molecule has 6 nitrogen and oxygen atoms in total. The number of hydrogen-bond donors (Lipinski definition) is 0. The van der Waals surface area contributed by atoms with Gasteiger partial charge < -0.3 is 8.98 Å². The van der Waals surface area contributed by atoms with Gasteiger partial charge in [0.15, 0.2) is 5.76 Å². The zero-order valence-electron chi connectivity index (χ0n) is 17.7. The lowest BCUT2D eigenvalue weighted by Crippen LogP contribution is -2.20. The smallest absolute Gasteiger partial charge is 0.282 e. The summed E-state index contributed by atoms with van der Waals surface area (Å²) in [6, 6.07) is 19.0. The van der Waals surface area contributed by atoms with Crippen molar-refractivity contribution in [3.8, 4) is 11.6 Å². The maximum Gasteiger partial charge on any atom is 0.282 e. The molecule has 0 atom stereocenters. The summed E-state index contributed by atoms with van der Waals surface area (Å²) >= 11 is 0. The minimum atomic E-state index is -0.235. The van der Waals surface area contributed by atoms with Crippen LogP contribution in [0.2, 0.25) is 0 Å². The van der Waals surface area contributed by atoms with Gasteiger partial charge in [0.25, 0.3) is 5.56 Å². The number of rotatable bonds is 4. The van der Waals surface area contributed by atoms with Crippen LogP contribution in [0.4, 0.5) is 0 Å². The fourth-order valence-corrected chi connectivity index (χ4v) is 4.05. The normalized spacial score (nSPS) is 11.8. The minimum Gasteiger partial charge on any atom is -0.453 e. The van der Waals surface area contributed by atoms with Gasteiger partial charge in [0.05, 0.1) is 17.1 Å². The molecule has 0 saturated carbocycles. The summed E-state index contributed by atoms with van der Waals surface area (Å²) in [6.45, 7) is 7.11. The van der Waals surface area contributed by atoms with E-state index in [-0.39, 0.29) is 5.56 Å². The predicted molar refractivity (Wildman–Crippen MR) is 124 cm³/mol. The van der Waals surface area contributed by atoms with E-state index in [0.29, 0.717) is 22.5 Å². The van der Waals surface area contributed by atoms with Crippen molar-refractivity contribution >= 4 is 28.1 Å². The van der Waals surface area contributed by atoms with Gasteiger partial charge in [0.1, 0.15) is 5.58 Å². The van der Waals surface area contributed by atoms with Crippen molar-refractivity contribution in [2.24, 2.45) is 5.10 Å². The van der Waals surface area contributed by atoms with Gasteiger partial charge in [-0.3, -0.25) is 4.79 Å². The Bertz CT molecular complexity index is 1490. The van der Waals surface area contributed by atoms with E-state index in [1.54, 1.807) is 12.3 Å². The van der Waals surface area contributed by atoms with E-state index in [1.165, 1.54) is 4.68 Å². The van der Waals surface area contributed by atoms with Gasteiger partial charge in [-0.2, -0.15) is 9.78 Å². The van der Waals surface area contributed by atoms with Crippen LogP contribution in [0, 0.1) is 13.8 Å². The second-order valence-electron chi connectivity index (χ2n) is 7.53. The summed E-state index contributed by atoms with van der Waals surface area (Å²) in [5.41, 5.74) is 4.34. The standard InChI is InChI=1S/C25H22N4O2/c1-4-28-16(2)13-19(17(28)3)15-26-29-24(23-14-18-9-5-8-12-22(18)31-23)27-21-11-7-6-10-20(21)25(29)30/h5-15H,4H2,1-3H3. The third kappa shape index (κ3) is 3.17. The SMILES string of the molecule is CCn1c(C)cc(C=Nn2c(-c3cc4ccccc4o3)nc3ccccc3c2=O)c1C. The molecule has 0 aliphatic heterocycles. The van der Waals surface area contributed by atoms with Gasteiger partial charge in [-0.25, -0.2) is 4.98 Å². The van der Waals surface area contributed by atoms with Gasteiger partial charge in [-0.15, -0.1) is 0 Å². The predicted octanol–water partition coefficient (Wildman–Crippen LogP) is 5.13. The van der Waals surface area contributed by atoms with E-state index in [1.807, 2.05) is 48.5 Å². The van der Waals surface area contributed by atoms with E-state index in [0.717, 1.165) is 34.5 Å². The molecule has 0 fully saturated rings. The van der Waals surface area contributed by atoms with Gasteiger partial charge in [-0.05, 0) is 51.1 Å². The van der Waals surface area contributed by atoms with E-state index in [9.17, 15) is 4.79 Å². The monoisotopic (exact) mass is 410 g/mol. The molecule has 0 unspecified atom stereocenters. The van der Waals surface area contributed by atoms with Gasteiger partial charge in [0, 0.05) is 28.9 Å². The topological polar surface area (TPSA) is 65.3 Å². The number of hydrogen-bond acceptors (Lipinski definition) is 4. The van der Waals surface area contributed by atoms with Gasteiger partial charge in [-0.1, -0.05) is 30.3 Å². The van der Waals surface area contributed by atoms with Crippen LogP contribution in [0.1, 0.15) is 23.9 Å². The Morgan fingerprint density at radius 2 is 1.84 bits per heavy atom. The summed E-state index contributed by atoms with van der Waals surface area (Å²) in [6.07, 6.45) is 1.72. The molecule has 2 aromatic carbocycles. The van der Waals surface area contributed by atoms with Crippen LogP contribution in [0.5, 0.6) is 0 Å². The number of aromatic nitrogens is 3. The maximum atomic E-state index is 13.3. The molecule has 0 aliphatic carbocycles. The molecule has 31 heavy (non-hydrogen) atoms. The quantitative estimate of drug-likeness (QED) is 0.386. The van der Waals surface area contributed by atoms with E-state index in [4.69, 9.17) is 9.40 Å². The molecule has 0 radical (unpaired) electrons. The zero-order chi connectivity index (χ0) is 21.5. The summed E-state index contributed by atoms with van der Waals surface area (Å²) in [4.78, 5) is 18.1. The van der Waals surface area contributed by atoms with Crippen LogP contribution < -0.4 is 5.56 Å². The first-order chi connectivity index (χ1) is 15.1. The fraction of sp³-hybridized carbons (Fsp3) is 0.160. The highest BCUT2D eigenvalue weighted by Crippen LogP contribution is 2.27. The minimum absolute atomic E-state index is 0.235. The number of benzene rings is 2. The molecule has 5 rings (SSSR count). The highest BCUT2D eigenvalue weighted by Gasteiger charge is 2.16. The van der Waals surface area contributed by atoms with Crippen molar-refractivity contribution in [3.63, 3.8) is 0 Å². The van der Waals surface area contributed by atoms with Crippen molar-refractivity contribution < 1.29 is 4.42 Å². The van der Waals surface area contributed by atoms with Crippen molar-refractivity contribution in [1.82, 2.24) is 14.2 Å². The highest BCUT2D eigenvalue weighted by molar-refractivity contribution is 5.85. The lowest BCUT2D eigenvalue weighted by atomic mass is 10.2. The summed E-state index contributed by atoms with van der Waals surface area (Å²) in [7, 11) is 0. The molecule has 0 bridgehead atoms. The first-order valence-corrected chi connectivity index (χ1v) is 10.3. The Hall–Kier alpha value is -3.93. The lowest BCUT2D eigenvalue weighted by molar-refractivity contribution is 0.616. The van der Waals surface area contributed by atoms with Gasteiger partial charge >= 0.3 is 0 Å². The average molecular weight is 410 g/mol. The molecule has 3 aromatic heterocycles. The van der Waals surface area contributed by atoms with Crippen LogP contribution in [0.25, 0.3) is 33.5 Å². The van der Waals surface area contributed by atoms with Crippen LogP contribution in [0.15, 0.2) is 75.0 Å². The van der Waals surface area contributed by atoms with Crippen molar-refractivity contribution in [3.05, 3.63) is 88.0 Å². The Morgan fingerprint density at radius 1 is 1.06 bits per heavy atom. The number of nitrogens with zero attached hydrogens (tertiary/aromatic N) is 4. The Morgan fingerprint density at radius 3 is 2.61 bits per heavy atom. The van der Waals surface area contributed by atoms with E-state index in [2.05, 4.69) is 36.5 Å².